The second-order valence-corrected chi connectivity index (χ2v) is 6.18. The minimum atomic E-state index is -0.340. The molecule has 1 aromatic rings. The van der Waals surface area contributed by atoms with Gasteiger partial charge in [-0.15, -0.1) is 0 Å². The molecule has 1 atom stereocenters. The quantitative estimate of drug-likeness (QED) is 0.670. The van der Waals surface area contributed by atoms with Gasteiger partial charge in [0.25, 0.3) is 0 Å². The molecule has 3 nitrogen and oxygen atoms in total. The van der Waals surface area contributed by atoms with Crippen LogP contribution < -0.4 is 5.32 Å². The van der Waals surface area contributed by atoms with Crippen molar-refractivity contribution in [3.8, 4) is 0 Å². The van der Waals surface area contributed by atoms with Gasteiger partial charge < -0.3 is 10.4 Å². The summed E-state index contributed by atoms with van der Waals surface area (Å²) in [5.74, 6) is -0.0572. The van der Waals surface area contributed by atoms with Gasteiger partial charge in [0.1, 0.15) is 0 Å². The normalized spacial score (nSPS) is 13.1. The molecular weight excluding hydrogens is 258 g/mol. The number of nitrogens with one attached hydrogen (secondary N) is 1. The van der Waals surface area contributed by atoms with Gasteiger partial charge in [-0.1, -0.05) is 44.2 Å². The Bertz CT molecular complexity index is 392. The Morgan fingerprint density at radius 2 is 2.00 bits per heavy atom. The van der Waals surface area contributed by atoms with Crippen LogP contribution in [-0.2, 0) is 11.2 Å². The average molecular weight is 281 g/mol. The smallest absolute Gasteiger partial charge is 0.233 e. The van der Waals surface area contributed by atoms with Gasteiger partial charge in [-0.3, -0.25) is 4.79 Å². The third-order valence-electron chi connectivity index (χ3n) is 3.10. The van der Waals surface area contributed by atoms with E-state index in [9.17, 15) is 4.79 Å². The predicted octanol–water partition coefficient (Wildman–Crippen LogP) is 2.05. The third-order valence-corrected chi connectivity index (χ3v) is 3.52. The number of rotatable bonds is 7. The van der Waals surface area contributed by atoms with Gasteiger partial charge in [-0.25, -0.2) is 0 Å². The lowest BCUT2D eigenvalue weighted by Crippen LogP contribution is -2.39. The summed E-state index contributed by atoms with van der Waals surface area (Å²) >= 11 is 4.36. The molecule has 0 aliphatic carbocycles. The summed E-state index contributed by atoms with van der Waals surface area (Å²) in [6.07, 6.45) is 1.29. The molecule has 2 N–H and O–H groups in total. The first-order valence-corrected chi connectivity index (χ1v) is 7.07. The fraction of sp³-hybridized carbons (Fsp3) is 0.533. The van der Waals surface area contributed by atoms with Crippen LogP contribution in [0.3, 0.4) is 0 Å². The van der Waals surface area contributed by atoms with Crippen molar-refractivity contribution in [3.63, 3.8) is 0 Å². The predicted molar refractivity (Wildman–Crippen MR) is 81.4 cm³/mol. The Kier molecular flexibility index (Phi) is 6.38. The lowest BCUT2D eigenvalue weighted by Gasteiger charge is -2.24. The first-order valence-electron chi connectivity index (χ1n) is 6.55. The summed E-state index contributed by atoms with van der Waals surface area (Å²) in [6, 6.07) is 9.85. The average Bonchev–Trinajstić information content (AvgIpc) is 2.37. The zero-order chi connectivity index (χ0) is 14.3. The number of amides is 1. The highest BCUT2D eigenvalue weighted by molar-refractivity contribution is 7.81. The lowest BCUT2D eigenvalue weighted by molar-refractivity contribution is -0.121. The lowest BCUT2D eigenvalue weighted by atomic mass is 9.89. The molecule has 1 unspecified atom stereocenters. The van der Waals surface area contributed by atoms with Crippen molar-refractivity contribution >= 4 is 18.5 Å². The van der Waals surface area contributed by atoms with E-state index in [1.54, 1.807) is 0 Å². The number of carbonyl (C=O) groups is 1. The SMILES string of the molecule is CC(C)(CCO)CNC(=O)C(S)Cc1ccccc1. The highest BCUT2D eigenvalue weighted by Gasteiger charge is 2.20. The van der Waals surface area contributed by atoms with Crippen molar-refractivity contribution in [1.29, 1.82) is 0 Å². The van der Waals surface area contributed by atoms with Gasteiger partial charge >= 0.3 is 0 Å². The highest BCUT2D eigenvalue weighted by atomic mass is 32.1. The van der Waals surface area contributed by atoms with Crippen LogP contribution in [0.25, 0.3) is 0 Å². The Morgan fingerprint density at radius 1 is 1.37 bits per heavy atom. The first-order chi connectivity index (χ1) is 8.94. The molecule has 4 heteroatoms. The molecule has 106 valence electrons. The van der Waals surface area contributed by atoms with Crippen LogP contribution in [0.1, 0.15) is 25.8 Å². The molecule has 1 aromatic carbocycles. The number of hydrogen-bond donors (Lipinski definition) is 3. The van der Waals surface area contributed by atoms with E-state index in [2.05, 4.69) is 17.9 Å². The van der Waals surface area contributed by atoms with E-state index in [0.29, 0.717) is 19.4 Å². The molecular formula is C15H23NO2S. The largest absolute Gasteiger partial charge is 0.396 e. The molecule has 0 saturated heterocycles. The van der Waals surface area contributed by atoms with Crippen LogP contribution >= 0.6 is 12.6 Å². The number of benzene rings is 1. The van der Waals surface area contributed by atoms with Crippen LogP contribution in [0, 0.1) is 5.41 Å². The number of hydrogen-bond acceptors (Lipinski definition) is 3. The zero-order valence-electron chi connectivity index (χ0n) is 11.6. The monoisotopic (exact) mass is 281 g/mol. The maximum atomic E-state index is 11.9. The third kappa shape index (κ3) is 6.12. The van der Waals surface area contributed by atoms with E-state index < -0.39 is 0 Å². The van der Waals surface area contributed by atoms with Gasteiger partial charge in [-0.2, -0.15) is 12.6 Å². The molecule has 0 bridgehead atoms. The molecule has 1 rings (SSSR count). The number of aliphatic hydroxyl groups excluding tert-OH is 1. The fourth-order valence-corrected chi connectivity index (χ4v) is 2.07. The molecule has 0 saturated carbocycles. The summed E-state index contributed by atoms with van der Waals surface area (Å²) in [5, 5.41) is 11.5. The van der Waals surface area contributed by atoms with E-state index in [1.807, 2.05) is 44.2 Å². The van der Waals surface area contributed by atoms with Crippen molar-refractivity contribution < 1.29 is 9.90 Å². The van der Waals surface area contributed by atoms with Gasteiger partial charge in [0, 0.05) is 13.2 Å². The second-order valence-electron chi connectivity index (χ2n) is 5.56. The van der Waals surface area contributed by atoms with E-state index >= 15 is 0 Å². The molecule has 0 aliphatic rings. The molecule has 1 amide bonds. The van der Waals surface area contributed by atoms with Gasteiger partial charge in [0.15, 0.2) is 0 Å². The molecule has 19 heavy (non-hydrogen) atoms. The van der Waals surface area contributed by atoms with Crippen molar-refractivity contribution in [1.82, 2.24) is 5.32 Å². The van der Waals surface area contributed by atoms with E-state index in [4.69, 9.17) is 5.11 Å². The fourth-order valence-electron chi connectivity index (χ4n) is 1.77. The number of carbonyl (C=O) groups excluding carboxylic acids is 1. The van der Waals surface area contributed by atoms with E-state index in [1.165, 1.54) is 0 Å². The molecule has 0 spiro atoms. The van der Waals surface area contributed by atoms with Crippen LogP contribution in [-0.4, -0.2) is 29.4 Å². The van der Waals surface area contributed by atoms with Crippen molar-refractivity contribution in [3.05, 3.63) is 35.9 Å². The maximum absolute atomic E-state index is 11.9. The first kappa shape index (κ1) is 16.1. The van der Waals surface area contributed by atoms with Crippen LogP contribution in [0.4, 0.5) is 0 Å². The van der Waals surface area contributed by atoms with Crippen LogP contribution in [0.2, 0.25) is 0 Å². The summed E-state index contributed by atoms with van der Waals surface area (Å²) < 4.78 is 0. The van der Waals surface area contributed by atoms with Gasteiger partial charge in [0.2, 0.25) is 5.91 Å². The Balaban J connectivity index is 2.41. The summed E-state index contributed by atoms with van der Waals surface area (Å²) in [6.45, 7) is 4.73. The van der Waals surface area contributed by atoms with E-state index in [-0.39, 0.29) is 23.2 Å². The standard InChI is InChI=1S/C15H23NO2S/c1-15(2,8-9-17)11-16-14(18)13(19)10-12-6-4-3-5-7-12/h3-7,13,17,19H,8-11H2,1-2H3,(H,16,18). The Labute approximate surface area is 120 Å². The minimum absolute atomic E-state index is 0.0572. The summed E-state index contributed by atoms with van der Waals surface area (Å²) in [5.41, 5.74) is 1.01. The zero-order valence-corrected chi connectivity index (χ0v) is 12.5. The molecule has 0 heterocycles. The summed E-state index contributed by atoms with van der Waals surface area (Å²) in [7, 11) is 0. The van der Waals surface area contributed by atoms with Crippen LogP contribution in [0.5, 0.6) is 0 Å². The van der Waals surface area contributed by atoms with Crippen molar-refractivity contribution in [2.75, 3.05) is 13.2 Å². The second kappa shape index (κ2) is 7.56. The summed E-state index contributed by atoms with van der Waals surface area (Å²) in [4.78, 5) is 11.9. The number of aliphatic hydroxyl groups is 1. The maximum Gasteiger partial charge on any atom is 0.233 e. The minimum Gasteiger partial charge on any atom is -0.396 e. The molecule has 0 aliphatic heterocycles. The van der Waals surface area contributed by atoms with Crippen molar-refractivity contribution in [2.45, 2.75) is 31.9 Å². The molecule has 0 aromatic heterocycles. The Morgan fingerprint density at radius 3 is 2.58 bits per heavy atom. The molecule has 0 fully saturated rings. The van der Waals surface area contributed by atoms with E-state index in [0.717, 1.165) is 5.56 Å². The van der Waals surface area contributed by atoms with Gasteiger partial charge in [0.05, 0.1) is 5.25 Å². The Hall–Kier alpha value is -1.00. The molecule has 0 radical (unpaired) electrons. The van der Waals surface area contributed by atoms with Crippen LogP contribution in [0.15, 0.2) is 30.3 Å². The highest BCUT2D eigenvalue weighted by Crippen LogP contribution is 2.18. The van der Waals surface area contributed by atoms with Gasteiger partial charge in [-0.05, 0) is 23.8 Å². The van der Waals surface area contributed by atoms with Crippen molar-refractivity contribution in [2.24, 2.45) is 5.41 Å². The topological polar surface area (TPSA) is 49.3 Å². The number of thiol groups is 1.